The van der Waals surface area contributed by atoms with E-state index < -0.39 is 11.9 Å². The fourth-order valence-corrected chi connectivity index (χ4v) is 1.85. The fourth-order valence-electron chi connectivity index (χ4n) is 1.85. The lowest BCUT2D eigenvalue weighted by Gasteiger charge is -2.08. The van der Waals surface area contributed by atoms with Crippen LogP contribution in [0.1, 0.15) is 41.3 Å². The van der Waals surface area contributed by atoms with Crippen LogP contribution in [0.4, 0.5) is 0 Å². The van der Waals surface area contributed by atoms with Gasteiger partial charge in [-0.05, 0) is 25.1 Å². The summed E-state index contributed by atoms with van der Waals surface area (Å²) in [5.41, 5.74) is 6.59. The van der Waals surface area contributed by atoms with E-state index in [1.165, 1.54) is 0 Å². The van der Waals surface area contributed by atoms with Gasteiger partial charge < -0.3 is 10.8 Å². The first-order chi connectivity index (χ1) is 10.5. The highest BCUT2D eigenvalue weighted by Gasteiger charge is 2.16. The molecule has 22 heavy (non-hydrogen) atoms. The van der Waals surface area contributed by atoms with Crippen LogP contribution < -0.4 is 5.73 Å². The molecule has 2 rings (SSSR count). The molecule has 0 aliphatic heterocycles. The first kappa shape index (κ1) is 17.6. The largest absolute Gasteiger partial charge is 0.481 e. The summed E-state index contributed by atoms with van der Waals surface area (Å²) in [5, 5.41) is 9.00. The molecule has 1 atom stereocenters. The molecule has 0 radical (unpaired) electrons. The summed E-state index contributed by atoms with van der Waals surface area (Å²) in [5.74, 6) is -1.62. The van der Waals surface area contributed by atoms with Crippen molar-refractivity contribution < 1.29 is 14.7 Å². The van der Waals surface area contributed by atoms with E-state index in [0.29, 0.717) is 16.7 Å². The molecule has 3 N–H and O–H groups in total. The number of carbonyl (C=O) groups excluding carboxylic acids is 1. The summed E-state index contributed by atoms with van der Waals surface area (Å²) in [6, 6.07) is 15.7. The molecule has 2 aromatic rings. The molecule has 2 aromatic carbocycles. The van der Waals surface area contributed by atoms with Crippen LogP contribution in [0.3, 0.4) is 0 Å². The topological polar surface area (TPSA) is 80.4 Å². The Morgan fingerprint density at radius 1 is 1.05 bits per heavy atom. The molecule has 0 amide bonds. The second-order valence-electron chi connectivity index (χ2n) is 4.79. The summed E-state index contributed by atoms with van der Waals surface area (Å²) in [6.45, 7) is 4.26. The van der Waals surface area contributed by atoms with Gasteiger partial charge in [-0.1, -0.05) is 55.5 Å². The Morgan fingerprint density at radius 3 is 2.14 bits per heavy atom. The molecular weight excluding hydrogens is 278 g/mol. The van der Waals surface area contributed by atoms with E-state index in [9.17, 15) is 9.59 Å². The number of carbonyl (C=O) groups is 2. The molecule has 0 bridgehead atoms. The van der Waals surface area contributed by atoms with Gasteiger partial charge in [0.2, 0.25) is 0 Å². The number of hydrogen-bond donors (Lipinski definition) is 2. The average Bonchev–Trinajstić information content (AvgIpc) is 2.55. The van der Waals surface area contributed by atoms with Gasteiger partial charge in [-0.2, -0.15) is 0 Å². The van der Waals surface area contributed by atoms with Gasteiger partial charge in [-0.3, -0.25) is 9.59 Å². The number of benzene rings is 2. The van der Waals surface area contributed by atoms with Gasteiger partial charge in [0, 0.05) is 11.1 Å². The van der Waals surface area contributed by atoms with Crippen molar-refractivity contribution in [2.24, 2.45) is 5.73 Å². The summed E-state index contributed by atoms with van der Waals surface area (Å²) in [4.78, 5) is 23.2. The minimum Gasteiger partial charge on any atom is -0.481 e. The third-order valence-corrected chi connectivity index (χ3v) is 3.06. The zero-order valence-corrected chi connectivity index (χ0v) is 12.8. The summed E-state index contributed by atoms with van der Waals surface area (Å²) in [7, 11) is 0. The van der Waals surface area contributed by atoms with E-state index in [2.05, 4.69) is 0 Å². The first-order valence-electron chi connectivity index (χ1n) is 7.13. The minimum atomic E-state index is -0.899. The van der Waals surface area contributed by atoms with Gasteiger partial charge in [0.05, 0.1) is 5.92 Å². The van der Waals surface area contributed by atoms with Crippen molar-refractivity contribution >= 4 is 11.8 Å². The lowest BCUT2D eigenvalue weighted by atomic mass is 9.96. The quantitative estimate of drug-likeness (QED) is 0.850. The van der Waals surface area contributed by atoms with Gasteiger partial charge in [-0.25, -0.2) is 0 Å². The number of nitrogens with two attached hydrogens (primary N) is 1. The summed E-state index contributed by atoms with van der Waals surface area (Å²) in [6.07, 6.45) is 0. The molecule has 0 unspecified atom stereocenters. The highest BCUT2D eigenvalue weighted by molar-refractivity contribution is 6.09. The molecule has 0 spiro atoms. The van der Waals surface area contributed by atoms with Crippen LogP contribution >= 0.6 is 0 Å². The normalized spacial score (nSPS) is 11.0. The lowest BCUT2D eigenvalue weighted by molar-refractivity contribution is -0.138. The van der Waals surface area contributed by atoms with Crippen molar-refractivity contribution in [1.82, 2.24) is 0 Å². The van der Waals surface area contributed by atoms with E-state index in [1.807, 2.05) is 13.0 Å². The Labute approximate surface area is 130 Å². The van der Waals surface area contributed by atoms with E-state index in [4.69, 9.17) is 10.8 Å². The number of hydrogen-bond acceptors (Lipinski definition) is 3. The molecule has 0 saturated carbocycles. The zero-order valence-electron chi connectivity index (χ0n) is 12.8. The van der Waals surface area contributed by atoms with Crippen molar-refractivity contribution in [3.05, 3.63) is 71.3 Å². The van der Waals surface area contributed by atoms with Crippen LogP contribution in [0.15, 0.2) is 54.6 Å². The second-order valence-corrected chi connectivity index (χ2v) is 4.79. The predicted molar refractivity (Wildman–Crippen MR) is 87.1 cm³/mol. The Balaban J connectivity index is 0.000000745. The Bertz CT molecular complexity index is 623. The third kappa shape index (κ3) is 4.82. The average molecular weight is 299 g/mol. The monoisotopic (exact) mass is 299 g/mol. The van der Waals surface area contributed by atoms with Crippen molar-refractivity contribution in [3.8, 4) is 0 Å². The molecule has 116 valence electrons. The molecule has 0 aromatic heterocycles. The number of ketones is 1. The Kier molecular flexibility index (Phi) is 6.99. The number of carboxylic acids is 1. The Morgan fingerprint density at radius 2 is 1.59 bits per heavy atom. The lowest BCUT2D eigenvalue weighted by Crippen LogP contribution is -2.09. The van der Waals surface area contributed by atoms with Crippen LogP contribution in [0.25, 0.3) is 0 Å². The molecule has 4 nitrogen and oxygen atoms in total. The van der Waals surface area contributed by atoms with Crippen molar-refractivity contribution in [1.29, 1.82) is 0 Å². The molecule has 0 saturated heterocycles. The summed E-state index contributed by atoms with van der Waals surface area (Å²) < 4.78 is 0. The maximum atomic E-state index is 12.2. The molecule has 0 heterocycles. The van der Waals surface area contributed by atoms with Gasteiger partial charge in [0.1, 0.15) is 0 Å². The number of rotatable bonds is 4. The molecule has 4 heteroatoms. The van der Waals surface area contributed by atoms with Crippen LogP contribution in [-0.2, 0) is 4.79 Å². The highest BCUT2D eigenvalue weighted by atomic mass is 16.4. The fraction of sp³-hybridized carbons (Fsp3) is 0.222. The maximum Gasteiger partial charge on any atom is 0.310 e. The molecule has 0 aliphatic carbocycles. The van der Waals surface area contributed by atoms with Gasteiger partial charge >= 0.3 is 5.97 Å². The van der Waals surface area contributed by atoms with Gasteiger partial charge in [0.25, 0.3) is 0 Å². The van der Waals surface area contributed by atoms with Crippen molar-refractivity contribution in [2.45, 2.75) is 19.8 Å². The van der Waals surface area contributed by atoms with Crippen LogP contribution in [0.2, 0.25) is 0 Å². The van der Waals surface area contributed by atoms with Crippen LogP contribution in [-0.4, -0.2) is 23.4 Å². The van der Waals surface area contributed by atoms with Crippen LogP contribution in [0, 0.1) is 0 Å². The van der Waals surface area contributed by atoms with E-state index in [-0.39, 0.29) is 5.78 Å². The molecule has 0 fully saturated rings. The minimum absolute atomic E-state index is 0.0972. The maximum absolute atomic E-state index is 12.2. The van der Waals surface area contributed by atoms with Crippen molar-refractivity contribution in [2.75, 3.05) is 6.54 Å². The van der Waals surface area contributed by atoms with E-state index in [0.717, 1.165) is 6.54 Å². The Hall–Kier alpha value is -2.46. The number of carboxylic acid groups (broad SMARTS) is 1. The SMILES string of the molecule is CCN.C[C@H](C(=O)O)c1cccc(C(=O)c2ccccc2)c1. The molecule has 0 aliphatic rings. The van der Waals surface area contributed by atoms with Gasteiger partial charge in [0.15, 0.2) is 5.78 Å². The first-order valence-corrected chi connectivity index (χ1v) is 7.13. The van der Waals surface area contributed by atoms with Gasteiger partial charge in [-0.15, -0.1) is 0 Å². The molecular formula is C18H21NO3. The third-order valence-electron chi connectivity index (χ3n) is 3.06. The predicted octanol–water partition coefficient (Wildman–Crippen LogP) is 3.07. The standard InChI is InChI=1S/C16H14O3.C2H7N/c1-11(16(18)19)13-8-5-9-14(10-13)15(17)12-6-3-2-4-7-12;1-2-3/h2-11H,1H3,(H,18,19);2-3H2,1H3/t11-;/m0./s1. The number of aliphatic carboxylic acids is 1. The van der Waals surface area contributed by atoms with E-state index >= 15 is 0 Å². The second kappa shape index (κ2) is 8.74. The summed E-state index contributed by atoms with van der Waals surface area (Å²) >= 11 is 0. The smallest absolute Gasteiger partial charge is 0.310 e. The van der Waals surface area contributed by atoms with Crippen LogP contribution in [0.5, 0.6) is 0 Å². The van der Waals surface area contributed by atoms with Crippen molar-refractivity contribution in [3.63, 3.8) is 0 Å². The zero-order chi connectivity index (χ0) is 16.5. The highest BCUT2D eigenvalue weighted by Crippen LogP contribution is 2.18. The van der Waals surface area contributed by atoms with E-state index in [1.54, 1.807) is 55.5 Å².